The van der Waals surface area contributed by atoms with E-state index in [1.165, 1.54) is 11.1 Å². The Kier molecular flexibility index (Phi) is 3.03. The Morgan fingerprint density at radius 3 is 2.60 bits per heavy atom. The molecule has 3 rings (SSSR count). The maximum absolute atomic E-state index is 5.78. The van der Waals surface area contributed by atoms with Crippen molar-refractivity contribution in [3.05, 3.63) is 59.7 Å². The van der Waals surface area contributed by atoms with Crippen molar-refractivity contribution in [2.45, 2.75) is 13.8 Å². The minimum atomic E-state index is 0.759. The smallest absolute Gasteiger partial charge is 0.131 e. The summed E-state index contributed by atoms with van der Waals surface area (Å²) in [6.45, 7) is 4.19. The number of nitrogens with one attached hydrogen (secondary N) is 1. The van der Waals surface area contributed by atoms with Gasteiger partial charge < -0.3 is 11.1 Å². The highest BCUT2D eigenvalue weighted by Gasteiger charge is 2.02. The molecule has 0 aliphatic carbocycles. The molecule has 2 aromatic carbocycles. The molecule has 1 heterocycles. The number of rotatable bonds is 2. The van der Waals surface area contributed by atoms with E-state index in [-0.39, 0.29) is 0 Å². The van der Waals surface area contributed by atoms with Crippen LogP contribution in [0, 0.1) is 13.8 Å². The van der Waals surface area contributed by atoms with Crippen LogP contribution in [0.15, 0.2) is 48.5 Å². The second kappa shape index (κ2) is 4.85. The molecule has 100 valence electrons. The zero-order chi connectivity index (χ0) is 14.1. The number of fused-ring (bicyclic) bond motifs is 1. The van der Waals surface area contributed by atoms with Crippen LogP contribution in [0.4, 0.5) is 17.2 Å². The molecule has 0 saturated carbocycles. The third kappa shape index (κ3) is 2.43. The summed E-state index contributed by atoms with van der Waals surface area (Å²) in [4.78, 5) is 4.61. The van der Waals surface area contributed by atoms with Gasteiger partial charge in [0, 0.05) is 16.8 Å². The molecular weight excluding hydrogens is 246 g/mol. The first-order valence-electron chi connectivity index (χ1n) is 6.62. The van der Waals surface area contributed by atoms with Crippen molar-refractivity contribution in [1.82, 2.24) is 4.98 Å². The molecule has 0 bridgehead atoms. The van der Waals surface area contributed by atoms with Crippen LogP contribution < -0.4 is 11.1 Å². The number of nitrogen functional groups attached to an aromatic ring is 1. The number of nitrogens with zero attached hydrogens (tertiary/aromatic N) is 1. The van der Waals surface area contributed by atoms with Gasteiger partial charge in [-0.15, -0.1) is 0 Å². The molecule has 3 aromatic rings. The zero-order valence-electron chi connectivity index (χ0n) is 11.6. The van der Waals surface area contributed by atoms with Crippen molar-refractivity contribution >= 4 is 28.1 Å². The van der Waals surface area contributed by atoms with E-state index in [2.05, 4.69) is 42.3 Å². The molecule has 0 atom stereocenters. The van der Waals surface area contributed by atoms with Gasteiger partial charge in [-0.25, -0.2) is 4.98 Å². The van der Waals surface area contributed by atoms with Crippen LogP contribution in [-0.4, -0.2) is 4.98 Å². The fraction of sp³-hybridized carbons (Fsp3) is 0.118. The van der Waals surface area contributed by atoms with Gasteiger partial charge in [0.25, 0.3) is 0 Å². The van der Waals surface area contributed by atoms with Crippen molar-refractivity contribution in [2.75, 3.05) is 11.1 Å². The molecule has 0 aliphatic rings. The van der Waals surface area contributed by atoms with Crippen LogP contribution in [0.25, 0.3) is 10.9 Å². The first-order valence-corrected chi connectivity index (χ1v) is 6.62. The summed E-state index contributed by atoms with van der Waals surface area (Å²) in [5.41, 5.74) is 11.0. The van der Waals surface area contributed by atoms with Gasteiger partial charge in [0.1, 0.15) is 5.82 Å². The van der Waals surface area contributed by atoms with Crippen molar-refractivity contribution < 1.29 is 0 Å². The van der Waals surface area contributed by atoms with E-state index in [9.17, 15) is 0 Å². The van der Waals surface area contributed by atoms with Crippen LogP contribution in [-0.2, 0) is 0 Å². The normalized spacial score (nSPS) is 10.7. The van der Waals surface area contributed by atoms with Gasteiger partial charge in [-0.2, -0.15) is 0 Å². The minimum absolute atomic E-state index is 0.759. The number of hydrogen-bond donors (Lipinski definition) is 2. The summed E-state index contributed by atoms with van der Waals surface area (Å²) in [5, 5.41) is 4.42. The third-order valence-electron chi connectivity index (χ3n) is 3.36. The van der Waals surface area contributed by atoms with Crippen LogP contribution in [0.5, 0.6) is 0 Å². The van der Waals surface area contributed by atoms with E-state index in [1.807, 2.05) is 30.3 Å². The van der Waals surface area contributed by atoms with Crippen molar-refractivity contribution in [2.24, 2.45) is 0 Å². The fourth-order valence-corrected chi connectivity index (χ4v) is 2.31. The second-order valence-corrected chi connectivity index (χ2v) is 5.09. The van der Waals surface area contributed by atoms with Crippen LogP contribution in [0.2, 0.25) is 0 Å². The Balaban J connectivity index is 1.96. The summed E-state index contributed by atoms with van der Waals surface area (Å²) in [5.74, 6) is 0.842. The molecule has 0 unspecified atom stereocenters. The quantitative estimate of drug-likeness (QED) is 0.682. The minimum Gasteiger partial charge on any atom is -0.399 e. The van der Waals surface area contributed by atoms with Gasteiger partial charge in [0.05, 0.1) is 5.52 Å². The molecular formula is C17H17N3. The van der Waals surface area contributed by atoms with Crippen molar-refractivity contribution in [1.29, 1.82) is 0 Å². The highest BCUT2D eigenvalue weighted by Crippen LogP contribution is 2.23. The number of hydrogen-bond acceptors (Lipinski definition) is 3. The van der Waals surface area contributed by atoms with Crippen LogP contribution >= 0.6 is 0 Å². The van der Waals surface area contributed by atoms with E-state index >= 15 is 0 Å². The molecule has 0 saturated heterocycles. The largest absolute Gasteiger partial charge is 0.399 e. The summed E-state index contributed by atoms with van der Waals surface area (Å²) in [6.07, 6.45) is 0. The van der Waals surface area contributed by atoms with E-state index in [0.717, 1.165) is 28.1 Å². The fourth-order valence-electron chi connectivity index (χ4n) is 2.31. The lowest BCUT2D eigenvalue weighted by atomic mass is 10.1. The lowest BCUT2D eigenvalue weighted by molar-refractivity contribution is 1.33. The maximum atomic E-state index is 5.78. The predicted octanol–water partition coefficient (Wildman–Crippen LogP) is 4.18. The number of anilines is 3. The number of benzene rings is 2. The lowest BCUT2D eigenvalue weighted by Gasteiger charge is -2.10. The summed E-state index contributed by atoms with van der Waals surface area (Å²) < 4.78 is 0. The third-order valence-corrected chi connectivity index (χ3v) is 3.36. The molecule has 1 aromatic heterocycles. The summed E-state index contributed by atoms with van der Waals surface area (Å²) >= 11 is 0. The Morgan fingerprint density at radius 2 is 1.80 bits per heavy atom. The molecule has 3 nitrogen and oxygen atoms in total. The average Bonchev–Trinajstić information content (AvgIpc) is 2.42. The zero-order valence-corrected chi connectivity index (χ0v) is 11.6. The van der Waals surface area contributed by atoms with Gasteiger partial charge in [0.2, 0.25) is 0 Å². The van der Waals surface area contributed by atoms with Crippen LogP contribution in [0.3, 0.4) is 0 Å². The monoisotopic (exact) mass is 263 g/mol. The van der Waals surface area contributed by atoms with Gasteiger partial charge in [-0.05, 0) is 55.8 Å². The van der Waals surface area contributed by atoms with E-state index in [4.69, 9.17) is 5.73 Å². The summed E-state index contributed by atoms with van der Waals surface area (Å²) in [7, 11) is 0. The molecule has 0 radical (unpaired) electrons. The molecule has 0 amide bonds. The Labute approximate surface area is 118 Å². The summed E-state index contributed by atoms with van der Waals surface area (Å²) in [6, 6.07) is 16.1. The first kappa shape index (κ1) is 12.5. The first-order chi connectivity index (χ1) is 9.61. The Bertz CT molecular complexity index is 778. The van der Waals surface area contributed by atoms with E-state index in [1.54, 1.807) is 0 Å². The maximum Gasteiger partial charge on any atom is 0.131 e. The highest BCUT2D eigenvalue weighted by molar-refractivity contribution is 5.83. The van der Waals surface area contributed by atoms with Crippen LogP contribution in [0.1, 0.15) is 11.1 Å². The van der Waals surface area contributed by atoms with Gasteiger partial charge in [-0.3, -0.25) is 0 Å². The molecule has 0 spiro atoms. The molecule has 0 fully saturated rings. The van der Waals surface area contributed by atoms with Gasteiger partial charge in [-0.1, -0.05) is 17.7 Å². The van der Waals surface area contributed by atoms with E-state index < -0.39 is 0 Å². The standard InChI is InChI=1S/C17H17N3/c1-11-3-6-15(12(2)9-11)19-17-8-4-13-10-14(18)5-7-16(13)20-17/h3-10H,18H2,1-2H3,(H,19,20). The second-order valence-electron chi connectivity index (χ2n) is 5.09. The van der Waals surface area contributed by atoms with Crippen molar-refractivity contribution in [3.8, 4) is 0 Å². The predicted molar refractivity (Wildman–Crippen MR) is 85.4 cm³/mol. The molecule has 3 N–H and O–H groups in total. The highest BCUT2D eigenvalue weighted by atomic mass is 15.0. The topological polar surface area (TPSA) is 50.9 Å². The van der Waals surface area contributed by atoms with Gasteiger partial charge in [0.15, 0.2) is 0 Å². The van der Waals surface area contributed by atoms with Crippen molar-refractivity contribution in [3.63, 3.8) is 0 Å². The van der Waals surface area contributed by atoms with Gasteiger partial charge >= 0.3 is 0 Å². The Hall–Kier alpha value is -2.55. The lowest BCUT2D eigenvalue weighted by Crippen LogP contribution is -1.96. The number of nitrogens with two attached hydrogens (primary N) is 1. The molecule has 20 heavy (non-hydrogen) atoms. The number of pyridine rings is 1. The average molecular weight is 263 g/mol. The molecule has 0 aliphatic heterocycles. The van der Waals surface area contributed by atoms with E-state index in [0.29, 0.717) is 0 Å². The molecule has 3 heteroatoms. The number of aryl methyl sites for hydroxylation is 2. The SMILES string of the molecule is Cc1ccc(Nc2ccc3cc(N)ccc3n2)c(C)c1. The number of aromatic nitrogens is 1. The Morgan fingerprint density at radius 1 is 0.950 bits per heavy atom.